The predicted molar refractivity (Wildman–Crippen MR) is 225 cm³/mol. The molecule has 6 atom stereocenters. The summed E-state index contributed by atoms with van der Waals surface area (Å²) in [6, 6.07) is 1.64. The molecule has 5 nitrogen and oxygen atoms in total. The maximum atomic E-state index is 6.39. The highest BCUT2D eigenvalue weighted by molar-refractivity contribution is 6.70. The lowest BCUT2D eigenvalue weighted by Crippen LogP contribution is -2.51. The summed E-state index contributed by atoms with van der Waals surface area (Å²) in [5.74, 6) is 4.60. The number of nitrogens with one attached hydrogen (secondary N) is 1. The van der Waals surface area contributed by atoms with E-state index in [1.165, 1.54) is 94.9 Å². The summed E-state index contributed by atoms with van der Waals surface area (Å²) in [7, 11) is -3.07. The Kier molecular flexibility index (Phi) is 19.0. The van der Waals surface area contributed by atoms with Crippen molar-refractivity contribution in [3.8, 4) is 0 Å². The molecule has 6 unspecified atom stereocenters. The van der Waals surface area contributed by atoms with E-state index in [2.05, 4.69) is 86.1 Å². The first-order chi connectivity index (χ1) is 23.7. The fourth-order valence-electron chi connectivity index (χ4n) is 9.72. The van der Waals surface area contributed by atoms with Crippen molar-refractivity contribution in [2.45, 2.75) is 214 Å². The molecule has 0 aromatic carbocycles. The van der Waals surface area contributed by atoms with E-state index < -0.39 is 16.6 Å². The minimum absolute atomic E-state index is 0.350. The van der Waals surface area contributed by atoms with E-state index in [-0.39, 0.29) is 0 Å². The Morgan fingerprint density at radius 1 is 0.540 bits per heavy atom. The quantitative estimate of drug-likeness (QED) is 0.0770. The minimum atomic E-state index is -1.54. The number of hydrogen-bond donors (Lipinski definition) is 1. The van der Waals surface area contributed by atoms with Crippen LogP contribution in [0, 0.1) is 35.5 Å². The average molecular weight is 732 g/mol. The van der Waals surface area contributed by atoms with Crippen molar-refractivity contribution in [2.75, 3.05) is 13.2 Å². The van der Waals surface area contributed by atoms with Gasteiger partial charge >= 0.3 is 0 Å². The van der Waals surface area contributed by atoms with E-state index >= 15 is 0 Å². The van der Waals surface area contributed by atoms with E-state index in [4.69, 9.17) is 18.8 Å². The second-order valence-electron chi connectivity index (χ2n) is 18.7. The third kappa shape index (κ3) is 14.1. The Balaban J connectivity index is 1.94. The molecule has 0 radical (unpaired) electrons. The first kappa shape index (κ1) is 44.1. The molecule has 0 amide bonds. The first-order valence-corrected chi connectivity index (χ1v) is 28.7. The molecule has 1 aliphatic heterocycles. The molecule has 1 saturated heterocycles. The van der Waals surface area contributed by atoms with Gasteiger partial charge in [-0.25, -0.2) is 0 Å². The standard InChI is InChI=1S/C43H85N3O2Si2/c1-13-32-28-34(15-3)42(35(16-4)29-32)45-40(24-20-26-47-49(7,8)9)38-22-19-23-39(44-38)41(25-21-27-48-50(10,11)12)46-43-36(17-5)30-33(14-2)31-37(43)18-6/h32-39,42-44H,13-31H2,1-12H3. The van der Waals surface area contributed by atoms with Crippen molar-refractivity contribution in [3.63, 3.8) is 0 Å². The molecule has 3 aliphatic rings. The van der Waals surface area contributed by atoms with Crippen LogP contribution in [0.2, 0.25) is 39.3 Å². The molecule has 50 heavy (non-hydrogen) atoms. The van der Waals surface area contributed by atoms with Gasteiger partial charge in [-0.3, -0.25) is 9.98 Å². The van der Waals surface area contributed by atoms with Gasteiger partial charge in [-0.05, 0) is 145 Å². The Morgan fingerprint density at radius 2 is 0.880 bits per heavy atom. The summed E-state index contributed by atoms with van der Waals surface area (Å²) in [5.41, 5.74) is 2.90. The Morgan fingerprint density at radius 3 is 1.16 bits per heavy atom. The van der Waals surface area contributed by atoms with Crippen molar-refractivity contribution in [2.24, 2.45) is 45.5 Å². The third-order valence-corrected chi connectivity index (χ3v) is 14.9. The average Bonchev–Trinajstić information content (AvgIpc) is 3.09. The molecule has 2 saturated carbocycles. The van der Waals surface area contributed by atoms with E-state index in [0.29, 0.717) is 47.8 Å². The summed E-state index contributed by atoms with van der Waals surface area (Å²) in [4.78, 5) is 11.8. The first-order valence-electron chi connectivity index (χ1n) is 21.9. The van der Waals surface area contributed by atoms with Crippen LogP contribution in [-0.4, -0.2) is 65.4 Å². The molecule has 292 valence electrons. The molecule has 3 rings (SSSR count). The smallest absolute Gasteiger partial charge is 0.183 e. The molecular weight excluding hydrogens is 647 g/mol. The minimum Gasteiger partial charge on any atom is -0.418 e. The summed E-state index contributed by atoms with van der Waals surface area (Å²) in [6.45, 7) is 30.1. The molecular formula is C43H85N3O2Si2. The zero-order chi connectivity index (χ0) is 36.9. The van der Waals surface area contributed by atoms with Gasteiger partial charge in [-0.2, -0.15) is 0 Å². The normalized spacial score (nSPS) is 33.5. The molecule has 0 aromatic rings. The zero-order valence-electron chi connectivity index (χ0n) is 35.4. The lowest BCUT2D eigenvalue weighted by Gasteiger charge is -2.42. The number of rotatable bonds is 20. The summed E-state index contributed by atoms with van der Waals surface area (Å²) in [6.07, 6.45) is 21.0. The Hall–Kier alpha value is -0.346. The zero-order valence-corrected chi connectivity index (χ0v) is 37.4. The van der Waals surface area contributed by atoms with Gasteiger partial charge in [0.15, 0.2) is 16.6 Å². The Bertz CT molecular complexity index is 915. The van der Waals surface area contributed by atoms with Crippen molar-refractivity contribution in [1.82, 2.24) is 5.32 Å². The molecule has 2 aliphatic carbocycles. The number of nitrogens with zero attached hydrogens (tertiary/aromatic N) is 2. The van der Waals surface area contributed by atoms with Gasteiger partial charge in [0.2, 0.25) is 0 Å². The molecule has 7 heteroatoms. The maximum absolute atomic E-state index is 6.39. The second-order valence-corrected chi connectivity index (χ2v) is 27.7. The molecule has 0 spiro atoms. The second kappa shape index (κ2) is 21.5. The summed E-state index contributed by atoms with van der Waals surface area (Å²) < 4.78 is 12.8. The van der Waals surface area contributed by atoms with E-state index in [9.17, 15) is 0 Å². The van der Waals surface area contributed by atoms with Crippen LogP contribution in [0.25, 0.3) is 0 Å². The number of piperidine rings is 1. The molecule has 1 N–H and O–H groups in total. The van der Waals surface area contributed by atoms with Crippen LogP contribution < -0.4 is 5.32 Å². The molecule has 0 aromatic heterocycles. The van der Waals surface area contributed by atoms with Gasteiger partial charge in [-0.1, -0.05) is 80.1 Å². The highest BCUT2D eigenvalue weighted by Crippen LogP contribution is 2.42. The van der Waals surface area contributed by atoms with Crippen LogP contribution in [0.1, 0.15) is 151 Å². The van der Waals surface area contributed by atoms with Crippen molar-refractivity contribution in [3.05, 3.63) is 0 Å². The van der Waals surface area contributed by atoms with E-state index in [1.807, 2.05) is 0 Å². The lowest BCUT2D eigenvalue weighted by molar-refractivity contribution is 0.150. The predicted octanol–water partition coefficient (Wildman–Crippen LogP) is 12.1. The highest BCUT2D eigenvalue weighted by Gasteiger charge is 2.38. The van der Waals surface area contributed by atoms with Crippen LogP contribution in [0.5, 0.6) is 0 Å². The number of aliphatic imine (C=N–C) groups is 2. The van der Waals surface area contributed by atoms with Crippen molar-refractivity contribution < 1.29 is 8.85 Å². The molecule has 0 bridgehead atoms. The van der Waals surface area contributed by atoms with E-state index in [0.717, 1.165) is 50.7 Å². The van der Waals surface area contributed by atoms with Crippen molar-refractivity contribution >= 4 is 28.1 Å². The van der Waals surface area contributed by atoms with Gasteiger partial charge in [0, 0.05) is 36.7 Å². The maximum Gasteiger partial charge on any atom is 0.183 e. The Labute approximate surface area is 314 Å². The van der Waals surface area contributed by atoms with Crippen LogP contribution >= 0.6 is 0 Å². The summed E-state index contributed by atoms with van der Waals surface area (Å²) >= 11 is 0. The molecule has 3 fully saturated rings. The highest BCUT2D eigenvalue weighted by atomic mass is 28.4. The van der Waals surface area contributed by atoms with Gasteiger partial charge in [0.05, 0.1) is 12.1 Å². The van der Waals surface area contributed by atoms with Gasteiger partial charge in [-0.15, -0.1) is 0 Å². The topological polar surface area (TPSA) is 55.2 Å². The fraction of sp³-hybridized carbons (Fsp3) is 0.953. The van der Waals surface area contributed by atoms with Crippen LogP contribution in [0.15, 0.2) is 9.98 Å². The van der Waals surface area contributed by atoms with Gasteiger partial charge in [0.25, 0.3) is 0 Å². The molecule has 1 heterocycles. The van der Waals surface area contributed by atoms with Crippen LogP contribution in [0.3, 0.4) is 0 Å². The largest absolute Gasteiger partial charge is 0.418 e. The SMILES string of the molecule is CCC1CC(CC)C(N=C(CCCO[Si](C)(C)C)C2CCCC(C(CCCO[Si](C)(C)C)=NC3C(CC)CC(CC)CC3CC)N2)C(CC)C1. The van der Waals surface area contributed by atoms with Crippen molar-refractivity contribution in [1.29, 1.82) is 0 Å². The number of hydrogen-bond acceptors (Lipinski definition) is 5. The lowest BCUT2D eigenvalue weighted by atomic mass is 9.69. The van der Waals surface area contributed by atoms with Crippen LogP contribution in [0.4, 0.5) is 0 Å². The van der Waals surface area contributed by atoms with E-state index in [1.54, 1.807) is 0 Å². The third-order valence-electron chi connectivity index (χ3n) is 12.8. The van der Waals surface area contributed by atoms with Gasteiger partial charge in [0.1, 0.15) is 0 Å². The summed E-state index contributed by atoms with van der Waals surface area (Å²) in [5, 5.41) is 4.29. The van der Waals surface area contributed by atoms with Gasteiger partial charge < -0.3 is 14.2 Å². The monoisotopic (exact) mass is 732 g/mol. The fourth-order valence-corrected chi connectivity index (χ4v) is 11.2. The van der Waals surface area contributed by atoms with Crippen LogP contribution in [-0.2, 0) is 8.85 Å².